The summed E-state index contributed by atoms with van der Waals surface area (Å²) >= 11 is 3.46. The first-order valence-electron chi connectivity index (χ1n) is 6.25. The summed E-state index contributed by atoms with van der Waals surface area (Å²) in [5, 5.41) is 2.12. The average molecular weight is 300 g/mol. The minimum Gasteiger partial charge on any atom is -0.207 e. The van der Waals surface area contributed by atoms with Gasteiger partial charge in [0.05, 0.1) is 0 Å². The summed E-state index contributed by atoms with van der Waals surface area (Å²) in [6.07, 6.45) is 2.08. The summed E-state index contributed by atoms with van der Waals surface area (Å²) in [7, 11) is 0. The van der Waals surface area contributed by atoms with Gasteiger partial charge >= 0.3 is 0 Å². The fourth-order valence-electron chi connectivity index (χ4n) is 2.04. The quantitative estimate of drug-likeness (QED) is 0.539. The van der Waals surface area contributed by atoms with E-state index in [1.165, 1.54) is 27.5 Å². The Balaban J connectivity index is 1.91. The Labute approximate surface area is 126 Å². The Hall–Kier alpha value is -1.58. The van der Waals surface area contributed by atoms with Gasteiger partial charge in [-0.05, 0) is 58.7 Å². The first-order valence-corrected chi connectivity index (χ1v) is 8.35. The number of thiophene rings is 1. The lowest BCUT2D eigenvalue weighted by molar-refractivity contribution is 0.628. The highest BCUT2D eigenvalue weighted by Crippen LogP contribution is 2.33. The minimum atomic E-state index is -0.197. The molecule has 0 radical (unpaired) electrons. The van der Waals surface area contributed by atoms with Crippen molar-refractivity contribution in [2.45, 2.75) is 4.90 Å². The first-order chi connectivity index (χ1) is 9.76. The Kier molecular flexibility index (Phi) is 3.90. The molecule has 1 heterocycles. The van der Waals surface area contributed by atoms with Crippen molar-refractivity contribution in [3.63, 3.8) is 0 Å². The van der Waals surface area contributed by atoms with E-state index in [2.05, 4.69) is 42.0 Å². The molecule has 0 N–H and O–H groups in total. The summed E-state index contributed by atoms with van der Waals surface area (Å²) in [6, 6.07) is 17.4. The molecule has 3 rings (SSSR count). The highest BCUT2D eigenvalue weighted by Gasteiger charge is 2.05. The molecule has 1 aromatic heterocycles. The van der Waals surface area contributed by atoms with Crippen molar-refractivity contribution in [3.8, 4) is 21.6 Å². The molecule has 20 heavy (non-hydrogen) atoms. The summed E-state index contributed by atoms with van der Waals surface area (Å²) in [6.45, 7) is 0. The van der Waals surface area contributed by atoms with Crippen molar-refractivity contribution in [1.82, 2.24) is 0 Å². The molecule has 0 unspecified atom stereocenters. The highest BCUT2D eigenvalue weighted by atomic mass is 32.2. The van der Waals surface area contributed by atoms with E-state index in [1.54, 1.807) is 23.1 Å². The van der Waals surface area contributed by atoms with E-state index in [0.29, 0.717) is 0 Å². The van der Waals surface area contributed by atoms with Gasteiger partial charge in [-0.25, -0.2) is 4.39 Å². The van der Waals surface area contributed by atoms with Gasteiger partial charge in [-0.3, -0.25) is 0 Å². The van der Waals surface area contributed by atoms with Gasteiger partial charge in [0.25, 0.3) is 0 Å². The molecule has 3 heteroatoms. The van der Waals surface area contributed by atoms with E-state index in [1.807, 2.05) is 12.1 Å². The third-order valence-corrected chi connectivity index (χ3v) is 4.87. The smallest absolute Gasteiger partial charge is 0.123 e. The van der Waals surface area contributed by atoms with E-state index >= 15 is 0 Å². The van der Waals surface area contributed by atoms with Crippen molar-refractivity contribution >= 4 is 23.1 Å². The van der Waals surface area contributed by atoms with Crippen LogP contribution in [0.2, 0.25) is 0 Å². The van der Waals surface area contributed by atoms with E-state index in [0.717, 1.165) is 11.1 Å². The number of rotatable bonds is 3. The minimum absolute atomic E-state index is 0.197. The Morgan fingerprint density at radius 2 is 1.50 bits per heavy atom. The molecule has 0 fully saturated rings. The van der Waals surface area contributed by atoms with Gasteiger partial charge in [-0.1, -0.05) is 24.3 Å². The van der Waals surface area contributed by atoms with Crippen molar-refractivity contribution < 1.29 is 4.39 Å². The van der Waals surface area contributed by atoms with E-state index < -0.39 is 0 Å². The van der Waals surface area contributed by atoms with Crippen LogP contribution in [0.5, 0.6) is 0 Å². The SMILES string of the molecule is CSc1ccc(-c2cc(-c3ccc(F)cc3)cs2)cc1. The second kappa shape index (κ2) is 5.81. The molecule has 0 aliphatic carbocycles. The Morgan fingerprint density at radius 1 is 0.850 bits per heavy atom. The third-order valence-electron chi connectivity index (χ3n) is 3.15. The second-order valence-electron chi connectivity index (χ2n) is 4.44. The molecular formula is C17H13FS2. The van der Waals surface area contributed by atoms with E-state index in [9.17, 15) is 4.39 Å². The molecule has 0 aliphatic heterocycles. The lowest BCUT2D eigenvalue weighted by atomic mass is 10.1. The number of hydrogen-bond donors (Lipinski definition) is 0. The number of hydrogen-bond acceptors (Lipinski definition) is 2. The van der Waals surface area contributed by atoms with Crippen LogP contribution in [0.25, 0.3) is 21.6 Å². The van der Waals surface area contributed by atoms with Gasteiger partial charge in [0.2, 0.25) is 0 Å². The zero-order chi connectivity index (χ0) is 13.9. The summed E-state index contributed by atoms with van der Waals surface area (Å²) in [5.41, 5.74) is 3.41. The second-order valence-corrected chi connectivity index (χ2v) is 6.23. The van der Waals surface area contributed by atoms with Crippen LogP contribution in [0.1, 0.15) is 0 Å². The van der Waals surface area contributed by atoms with Crippen LogP contribution in [0.15, 0.2) is 64.9 Å². The topological polar surface area (TPSA) is 0 Å². The fourth-order valence-corrected chi connectivity index (χ4v) is 3.37. The molecule has 2 aromatic carbocycles. The standard InChI is InChI=1S/C17H13FS2/c1-19-16-8-4-13(5-9-16)17-10-14(11-20-17)12-2-6-15(18)7-3-12/h2-11H,1H3. The molecule has 3 aromatic rings. The molecular weight excluding hydrogens is 287 g/mol. The maximum atomic E-state index is 12.9. The molecule has 0 aliphatic rings. The zero-order valence-electron chi connectivity index (χ0n) is 11.0. The molecule has 0 amide bonds. The summed E-state index contributed by atoms with van der Waals surface area (Å²) in [5.74, 6) is -0.197. The molecule has 0 saturated heterocycles. The first kappa shape index (κ1) is 13.4. The van der Waals surface area contributed by atoms with Crippen LogP contribution in [-0.4, -0.2) is 6.26 Å². The molecule has 0 atom stereocenters. The van der Waals surface area contributed by atoms with Gasteiger partial charge < -0.3 is 0 Å². The molecule has 100 valence electrons. The Bertz CT molecular complexity index is 697. The highest BCUT2D eigenvalue weighted by molar-refractivity contribution is 7.98. The van der Waals surface area contributed by atoms with Crippen LogP contribution in [-0.2, 0) is 0 Å². The van der Waals surface area contributed by atoms with Crippen LogP contribution in [0.4, 0.5) is 4.39 Å². The van der Waals surface area contributed by atoms with Gasteiger partial charge in [0.15, 0.2) is 0 Å². The Morgan fingerprint density at radius 3 is 2.15 bits per heavy atom. The van der Waals surface area contributed by atoms with Gasteiger partial charge in [0, 0.05) is 9.77 Å². The third kappa shape index (κ3) is 2.79. The van der Waals surface area contributed by atoms with E-state index in [4.69, 9.17) is 0 Å². The van der Waals surface area contributed by atoms with Gasteiger partial charge in [-0.15, -0.1) is 23.1 Å². The molecule has 0 bridgehead atoms. The van der Waals surface area contributed by atoms with Crippen molar-refractivity contribution in [2.75, 3.05) is 6.26 Å². The molecule has 0 saturated carbocycles. The number of benzene rings is 2. The maximum Gasteiger partial charge on any atom is 0.123 e. The predicted molar refractivity (Wildman–Crippen MR) is 86.9 cm³/mol. The fraction of sp³-hybridized carbons (Fsp3) is 0.0588. The maximum absolute atomic E-state index is 12.9. The van der Waals surface area contributed by atoms with Crippen LogP contribution < -0.4 is 0 Å². The van der Waals surface area contributed by atoms with Crippen LogP contribution in [0, 0.1) is 5.82 Å². The normalized spacial score (nSPS) is 10.7. The monoisotopic (exact) mass is 300 g/mol. The van der Waals surface area contributed by atoms with Crippen molar-refractivity contribution in [3.05, 3.63) is 65.8 Å². The van der Waals surface area contributed by atoms with Crippen molar-refractivity contribution in [2.24, 2.45) is 0 Å². The van der Waals surface area contributed by atoms with E-state index in [-0.39, 0.29) is 5.82 Å². The summed E-state index contributed by atoms with van der Waals surface area (Å²) in [4.78, 5) is 2.50. The van der Waals surface area contributed by atoms with Crippen LogP contribution >= 0.6 is 23.1 Å². The largest absolute Gasteiger partial charge is 0.207 e. The lowest BCUT2D eigenvalue weighted by Gasteiger charge is -1.99. The molecule has 0 spiro atoms. The summed E-state index contributed by atoms with van der Waals surface area (Å²) < 4.78 is 12.9. The van der Waals surface area contributed by atoms with Crippen molar-refractivity contribution in [1.29, 1.82) is 0 Å². The predicted octanol–water partition coefficient (Wildman–Crippen LogP) is 5.94. The number of thioether (sulfide) groups is 1. The van der Waals surface area contributed by atoms with Gasteiger partial charge in [0.1, 0.15) is 5.82 Å². The van der Waals surface area contributed by atoms with Gasteiger partial charge in [-0.2, -0.15) is 0 Å². The zero-order valence-corrected chi connectivity index (χ0v) is 12.6. The lowest BCUT2D eigenvalue weighted by Crippen LogP contribution is -1.76. The average Bonchev–Trinajstić information content (AvgIpc) is 2.98. The number of halogens is 1. The van der Waals surface area contributed by atoms with Crippen LogP contribution in [0.3, 0.4) is 0 Å². The molecule has 0 nitrogen and oxygen atoms in total.